The zero-order valence-corrected chi connectivity index (χ0v) is 12.0. The van der Waals surface area contributed by atoms with E-state index in [-0.39, 0.29) is 5.82 Å². The van der Waals surface area contributed by atoms with Crippen molar-refractivity contribution >= 4 is 31.9 Å². The van der Waals surface area contributed by atoms with Crippen molar-refractivity contribution in [2.75, 3.05) is 0 Å². The molecule has 0 atom stereocenters. The minimum Gasteiger partial charge on any atom is -0.457 e. The van der Waals surface area contributed by atoms with Crippen LogP contribution in [0, 0.1) is 5.82 Å². The Bertz CT molecular complexity index is 529. The van der Waals surface area contributed by atoms with Crippen molar-refractivity contribution in [3.63, 3.8) is 0 Å². The number of rotatable bonds is 3. The van der Waals surface area contributed by atoms with Gasteiger partial charge in [0.1, 0.15) is 17.3 Å². The molecule has 88 valence electrons. The zero-order valence-electron chi connectivity index (χ0n) is 8.79. The Morgan fingerprint density at radius 1 is 1.12 bits per heavy atom. The summed E-state index contributed by atoms with van der Waals surface area (Å²) in [6, 6.07) is 11.8. The average molecular weight is 360 g/mol. The topological polar surface area (TPSA) is 9.23 Å². The highest BCUT2D eigenvalue weighted by Gasteiger charge is 2.05. The van der Waals surface area contributed by atoms with Crippen molar-refractivity contribution in [1.82, 2.24) is 0 Å². The molecule has 0 radical (unpaired) electrons. The van der Waals surface area contributed by atoms with Gasteiger partial charge in [-0.25, -0.2) is 4.39 Å². The summed E-state index contributed by atoms with van der Waals surface area (Å²) in [5, 5.41) is 0.685. The van der Waals surface area contributed by atoms with Crippen LogP contribution in [-0.2, 0) is 5.33 Å². The summed E-state index contributed by atoms with van der Waals surface area (Å²) in [4.78, 5) is 0. The normalized spacial score (nSPS) is 10.3. The molecule has 0 heterocycles. The van der Waals surface area contributed by atoms with Crippen LogP contribution in [0.1, 0.15) is 5.56 Å². The number of benzene rings is 2. The van der Waals surface area contributed by atoms with E-state index in [9.17, 15) is 4.39 Å². The molecule has 0 N–H and O–H groups in total. The molecule has 0 aliphatic carbocycles. The minimum absolute atomic E-state index is 0.308. The van der Waals surface area contributed by atoms with Gasteiger partial charge >= 0.3 is 0 Å². The first kappa shape index (κ1) is 12.6. The fourth-order valence-corrected chi connectivity index (χ4v) is 2.19. The predicted molar refractivity (Wildman–Crippen MR) is 73.2 cm³/mol. The fourth-order valence-electron chi connectivity index (χ4n) is 1.39. The van der Waals surface area contributed by atoms with Crippen molar-refractivity contribution in [3.8, 4) is 11.5 Å². The standard InChI is InChI=1S/C13H9Br2FO/c14-8-9-4-5-10(15)6-13(9)17-12-3-1-2-11(16)7-12/h1-7H,8H2. The third kappa shape index (κ3) is 3.30. The molecule has 2 aromatic carbocycles. The molecule has 17 heavy (non-hydrogen) atoms. The fraction of sp³-hybridized carbons (Fsp3) is 0.0769. The van der Waals surface area contributed by atoms with E-state index in [1.807, 2.05) is 18.2 Å². The second kappa shape index (κ2) is 5.65. The largest absolute Gasteiger partial charge is 0.457 e. The first-order valence-corrected chi connectivity index (χ1v) is 6.88. The summed E-state index contributed by atoms with van der Waals surface area (Å²) in [7, 11) is 0. The molecule has 0 unspecified atom stereocenters. The maximum atomic E-state index is 13.0. The van der Waals surface area contributed by atoms with Crippen LogP contribution in [0.25, 0.3) is 0 Å². The monoisotopic (exact) mass is 358 g/mol. The Morgan fingerprint density at radius 2 is 1.94 bits per heavy atom. The minimum atomic E-state index is -0.308. The second-order valence-corrected chi connectivity index (χ2v) is 4.92. The van der Waals surface area contributed by atoms with E-state index in [4.69, 9.17) is 4.74 Å². The molecule has 0 aliphatic heterocycles. The van der Waals surface area contributed by atoms with Gasteiger partial charge < -0.3 is 4.74 Å². The van der Waals surface area contributed by atoms with Crippen LogP contribution in [0.3, 0.4) is 0 Å². The Balaban J connectivity index is 2.32. The van der Waals surface area contributed by atoms with Crippen molar-refractivity contribution in [2.45, 2.75) is 5.33 Å². The van der Waals surface area contributed by atoms with E-state index >= 15 is 0 Å². The number of alkyl halides is 1. The van der Waals surface area contributed by atoms with E-state index in [1.165, 1.54) is 12.1 Å². The van der Waals surface area contributed by atoms with Crippen LogP contribution in [-0.4, -0.2) is 0 Å². The summed E-state index contributed by atoms with van der Waals surface area (Å²) in [6.07, 6.45) is 0. The van der Waals surface area contributed by atoms with E-state index in [1.54, 1.807) is 12.1 Å². The van der Waals surface area contributed by atoms with Crippen molar-refractivity contribution in [1.29, 1.82) is 0 Å². The van der Waals surface area contributed by atoms with E-state index in [0.29, 0.717) is 16.8 Å². The van der Waals surface area contributed by atoms with E-state index < -0.39 is 0 Å². The molecule has 0 saturated carbocycles. The Morgan fingerprint density at radius 3 is 2.65 bits per heavy atom. The summed E-state index contributed by atoms with van der Waals surface area (Å²) in [5.41, 5.74) is 1.01. The molecule has 1 nitrogen and oxygen atoms in total. The predicted octanol–water partition coefficient (Wildman–Crippen LogP) is 5.28. The molecule has 2 rings (SSSR count). The number of ether oxygens (including phenoxy) is 1. The maximum Gasteiger partial charge on any atom is 0.132 e. The molecule has 0 saturated heterocycles. The SMILES string of the molecule is Fc1cccc(Oc2cc(Br)ccc2CBr)c1. The molecule has 0 fully saturated rings. The van der Waals surface area contributed by atoms with Crippen LogP contribution in [0.15, 0.2) is 46.9 Å². The number of hydrogen-bond donors (Lipinski definition) is 0. The first-order chi connectivity index (χ1) is 8.19. The third-order valence-corrected chi connectivity index (χ3v) is 3.29. The summed E-state index contributed by atoms with van der Waals surface area (Å²) in [6.45, 7) is 0. The lowest BCUT2D eigenvalue weighted by Gasteiger charge is -2.10. The third-order valence-electron chi connectivity index (χ3n) is 2.20. The lowest BCUT2D eigenvalue weighted by molar-refractivity contribution is 0.472. The van der Waals surface area contributed by atoms with Crippen LogP contribution in [0.4, 0.5) is 4.39 Å². The zero-order chi connectivity index (χ0) is 12.3. The van der Waals surface area contributed by atoms with Crippen molar-refractivity contribution in [3.05, 3.63) is 58.3 Å². The van der Waals surface area contributed by atoms with Gasteiger partial charge in [0.25, 0.3) is 0 Å². The summed E-state index contributed by atoms with van der Waals surface area (Å²) in [5.74, 6) is 0.894. The van der Waals surface area contributed by atoms with Crippen LogP contribution in [0.5, 0.6) is 11.5 Å². The molecule has 2 aromatic rings. The van der Waals surface area contributed by atoms with Crippen molar-refractivity contribution in [2.24, 2.45) is 0 Å². The van der Waals surface area contributed by atoms with Gasteiger partial charge in [-0.3, -0.25) is 0 Å². The van der Waals surface area contributed by atoms with Crippen molar-refractivity contribution < 1.29 is 9.13 Å². The van der Waals surface area contributed by atoms with Gasteiger partial charge in [-0.2, -0.15) is 0 Å². The van der Waals surface area contributed by atoms with Gasteiger partial charge in [0.05, 0.1) is 0 Å². The van der Waals surface area contributed by atoms with E-state index in [0.717, 1.165) is 10.0 Å². The summed E-state index contributed by atoms with van der Waals surface area (Å²) < 4.78 is 19.6. The lowest BCUT2D eigenvalue weighted by Crippen LogP contribution is -1.90. The quantitative estimate of drug-likeness (QED) is 0.678. The number of hydrogen-bond acceptors (Lipinski definition) is 1. The molecular formula is C13H9Br2FO. The van der Waals surface area contributed by atoms with Crippen LogP contribution >= 0.6 is 31.9 Å². The molecule has 0 amide bonds. The second-order valence-electron chi connectivity index (χ2n) is 3.45. The molecule has 0 bridgehead atoms. The van der Waals surface area contributed by atoms with Gasteiger partial charge in [-0.15, -0.1) is 0 Å². The van der Waals surface area contributed by atoms with Crippen LogP contribution < -0.4 is 4.74 Å². The highest BCUT2D eigenvalue weighted by molar-refractivity contribution is 9.10. The Kier molecular flexibility index (Phi) is 4.18. The van der Waals surface area contributed by atoms with E-state index in [2.05, 4.69) is 31.9 Å². The highest BCUT2D eigenvalue weighted by atomic mass is 79.9. The van der Waals surface area contributed by atoms with Gasteiger partial charge in [0.2, 0.25) is 0 Å². The average Bonchev–Trinajstić information content (AvgIpc) is 2.29. The number of halogens is 3. The molecule has 0 aliphatic rings. The molecule has 0 spiro atoms. The molecule has 0 aromatic heterocycles. The summed E-state index contributed by atoms with van der Waals surface area (Å²) >= 11 is 6.78. The van der Waals surface area contributed by atoms with Gasteiger partial charge in [0, 0.05) is 21.4 Å². The Hall–Kier alpha value is -0.870. The van der Waals surface area contributed by atoms with Gasteiger partial charge in [0.15, 0.2) is 0 Å². The molecule has 4 heteroatoms. The van der Waals surface area contributed by atoms with Gasteiger partial charge in [-0.05, 0) is 24.3 Å². The Labute approximate surface area is 116 Å². The first-order valence-electron chi connectivity index (χ1n) is 4.97. The van der Waals surface area contributed by atoms with Crippen LogP contribution in [0.2, 0.25) is 0 Å². The smallest absolute Gasteiger partial charge is 0.132 e. The van der Waals surface area contributed by atoms with Gasteiger partial charge in [-0.1, -0.05) is 44.0 Å². The molecular weight excluding hydrogens is 351 g/mol. The highest BCUT2D eigenvalue weighted by Crippen LogP contribution is 2.30. The maximum absolute atomic E-state index is 13.0. The lowest BCUT2D eigenvalue weighted by atomic mass is 10.2.